The molecule has 0 saturated carbocycles. The quantitative estimate of drug-likeness (QED) is 0.795. The highest BCUT2D eigenvalue weighted by molar-refractivity contribution is 5.94. The summed E-state index contributed by atoms with van der Waals surface area (Å²) in [6, 6.07) is 5.03. The third-order valence-corrected chi connectivity index (χ3v) is 2.05. The molecule has 1 aromatic rings. The number of rotatable bonds is 1. The van der Waals surface area contributed by atoms with Crippen molar-refractivity contribution in [1.29, 1.82) is 0 Å². The molecule has 5 nitrogen and oxygen atoms in total. The minimum absolute atomic E-state index is 0.264. The molecule has 0 fully saturated rings. The van der Waals surface area contributed by atoms with Gasteiger partial charge in [-0.1, -0.05) is 0 Å². The molecular formula is C13H17FN2O3. The van der Waals surface area contributed by atoms with Crippen molar-refractivity contribution in [3.8, 4) is 0 Å². The first-order valence-electron chi connectivity index (χ1n) is 5.72. The van der Waals surface area contributed by atoms with E-state index in [0.29, 0.717) is 0 Å². The zero-order valence-electron chi connectivity index (χ0n) is 11.4. The van der Waals surface area contributed by atoms with E-state index in [1.807, 2.05) is 0 Å². The molecule has 0 aliphatic carbocycles. The Balaban J connectivity index is 2.63. The van der Waals surface area contributed by atoms with E-state index < -0.39 is 23.4 Å². The summed E-state index contributed by atoms with van der Waals surface area (Å²) in [6.07, 6.45) is -0.731. The molecule has 0 unspecified atom stereocenters. The molecule has 1 rings (SSSR count). The smallest absolute Gasteiger partial charge is 0.426 e. The lowest BCUT2D eigenvalue weighted by Crippen LogP contribution is -2.45. The first-order chi connectivity index (χ1) is 8.69. The van der Waals surface area contributed by atoms with Gasteiger partial charge in [0.2, 0.25) is 0 Å². The van der Waals surface area contributed by atoms with Crippen molar-refractivity contribution in [3.05, 3.63) is 35.6 Å². The van der Waals surface area contributed by atoms with E-state index in [1.54, 1.807) is 20.8 Å². The summed E-state index contributed by atoms with van der Waals surface area (Å²) in [5.74, 6) is -0.898. The predicted molar refractivity (Wildman–Crippen MR) is 67.9 cm³/mol. The zero-order valence-corrected chi connectivity index (χ0v) is 11.4. The minimum atomic E-state index is -0.731. The van der Waals surface area contributed by atoms with Gasteiger partial charge in [-0.3, -0.25) is 9.80 Å². The highest BCUT2D eigenvalue weighted by Crippen LogP contribution is 2.08. The maximum atomic E-state index is 12.7. The van der Waals surface area contributed by atoms with Crippen molar-refractivity contribution < 1.29 is 18.7 Å². The Morgan fingerprint density at radius 3 is 2.21 bits per heavy atom. The van der Waals surface area contributed by atoms with Crippen molar-refractivity contribution in [1.82, 2.24) is 10.4 Å². The van der Waals surface area contributed by atoms with Crippen LogP contribution < -0.4 is 5.43 Å². The van der Waals surface area contributed by atoms with Crippen LogP contribution in [0.1, 0.15) is 31.1 Å². The van der Waals surface area contributed by atoms with E-state index in [2.05, 4.69) is 5.43 Å². The average Bonchev–Trinajstić information content (AvgIpc) is 2.26. The summed E-state index contributed by atoms with van der Waals surface area (Å²) in [6.45, 7) is 5.15. The number of hydrazine groups is 1. The number of halogens is 1. The summed E-state index contributed by atoms with van der Waals surface area (Å²) in [7, 11) is 1.38. The molecule has 0 saturated heterocycles. The maximum absolute atomic E-state index is 12.7. The number of ether oxygens (including phenoxy) is 1. The molecule has 0 radical (unpaired) electrons. The standard InChI is InChI=1S/C13H17FN2O3/c1-13(2,3)19-12(18)15-16(4)11(17)9-5-7-10(14)8-6-9/h5-8H,1-4H3,(H,15,18). The summed E-state index contributed by atoms with van der Waals surface area (Å²) < 4.78 is 17.7. The number of nitrogens with zero attached hydrogens (tertiary/aromatic N) is 1. The molecule has 1 aromatic carbocycles. The van der Waals surface area contributed by atoms with Crippen LogP contribution in [0.25, 0.3) is 0 Å². The van der Waals surface area contributed by atoms with Crippen LogP contribution in [0.3, 0.4) is 0 Å². The largest absolute Gasteiger partial charge is 0.443 e. The summed E-state index contributed by atoms with van der Waals surface area (Å²) in [5.41, 5.74) is 1.89. The van der Waals surface area contributed by atoms with Crippen molar-refractivity contribution in [3.63, 3.8) is 0 Å². The van der Waals surface area contributed by atoms with E-state index in [-0.39, 0.29) is 5.56 Å². The van der Waals surface area contributed by atoms with Gasteiger partial charge < -0.3 is 4.74 Å². The molecule has 0 aromatic heterocycles. The predicted octanol–water partition coefficient (Wildman–Crippen LogP) is 2.34. The van der Waals surface area contributed by atoms with Crippen LogP contribution in [0.2, 0.25) is 0 Å². The average molecular weight is 268 g/mol. The monoisotopic (exact) mass is 268 g/mol. The van der Waals surface area contributed by atoms with E-state index in [4.69, 9.17) is 4.74 Å². The lowest BCUT2D eigenvalue weighted by molar-refractivity contribution is 0.0334. The topological polar surface area (TPSA) is 58.6 Å². The first-order valence-corrected chi connectivity index (χ1v) is 5.72. The zero-order chi connectivity index (χ0) is 14.6. The van der Waals surface area contributed by atoms with Gasteiger partial charge >= 0.3 is 6.09 Å². The van der Waals surface area contributed by atoms with Gasteiger partial charge in [-0.25, -0.2) is 14.6 Å². The van der Waals surface area contributed by atoms with Gasteiger partial charge in [0.25, 0.3) is 5.91 Å². The number of carbonyl (C=O) groups is 2. The molecule has 104 valence electrons. The molecule has 0 aliphatic heterocycles. The van der Waals surface area contributed by atoms with Gasteiger partial charge in [0, 0.05) is 12.6 Å². The number of benzene rings is 1. The van der Waals surface area contributed by atoms with Crippen LogP contribution in [0.4, 0.5) is 9.18 Å². The second-order valence-electron chi connectivity index (χ2n) is 4.98. The molecule has 0 bridgehead atoms. The second-order valence-corrected chi connectivity index (χ2v) is 4.98. The van der Waals surface area contributed by atoms with Gasteiger partial charge in [-0.2, -0.15) is 0 Å². The highest BCUT2D eigenvalue weighted by atomic mass is 19.1. The van der Waals surface area contributed by atoms with Gasteiger partial charge in [-0.15, -0.1) is 0 Å². The summed E-state index contributed by atoms with van der Waals surface area (Å²) in [4.78, 5) is 23.4. The fourth-order valence-corrected chi connectivity index (χ4v) is 1.27. The highest BCUT2D eigenvalue weighted by Gasteiger charge is 2.19. The lowest BCUT2D eigenvalue weighted by atomic mass is 10.2. The number of hydrogen-bond acceptors (Lipinski definition) is 3. The van der Waals surface area contributed by atoms with Crippen LogP contribution in [0, 0.1) is 5.82 Å². The fourth-order valence-electron chi connectivity index (χ4n) is 1.27. The van der Waals surface area contributed by atoms with E-state index in [0.717, 1.165) is 5.01 Å². The number of nitrogens with one attached hydrogen (secondary N) is 1. The molecular weight excluding hydrogens is 251 g/mol. The Kier molecular flexibility index (Phi) is 4.47. The fraction of sp³-hybridized carbons (Fsp3) is 0.385. The van der Waals surface area contributed by atoms with E-state index >= 15 is 0 Å². The van der Waals surface area contributed by atoms with Crippen molar-refractivity contribution in [2.24, 2.45) is 0 Å². The molecule has 6 heteroatoms. The Bertz CT molecular complexity index is 466. The molecule has 0 atom stereocenters. The summed E-state index contributed by atoms with van der Waals surface area (Å²) in [5, 5.41) is 0.987. The van der Waals surface area contributed by atoms with Crippen LogP contribution in [-0.2, 0) is 4.74 Å². The van der Waals surface area contributed by atoms with Crippen LogP contribution in [0.15, 0.2) is 24.3 Å². The molecule has 0 heterocycles. The molecule has 1 N–H and O–H groups in total. The second kappa shape index (κ2) is 5.69. The van der Waals surface area contributed by atoms with Crippen LogP contribution in [0.5, 0.6) is 0 Å². The molecule has 0 spiro atoms. The van der Waals surface area contributed by atoms with Crippen LogP contribution >= 0.6 is 0 Å². The van der Waals surface area contributed by atoms with Gasteiger partial charge in [0.05, 0.1) is 0 Å². The Morgan fingerprint density at radius 2 is 1.74 bits per heavy atom. The van der Waals surface area contributed by atoms with Gasteiger partial charge in [0.1, 0.15) is 11.4 Å². The van der Waals surface area contributed by atoms with Gasteiger partial charge in [-0.05, 0) is 45.0 Å². The number of carbonyl (C=O) groups excluding carboxylic acids is 2. The third kappa shape index (κ3) is 4.95. The van der Waals surface area contributed by atoms with Crippen molar-refractivity contribution >= 4 is 12.0 Å². The van der Waals surface area contributed by atoms with Crippen molar-refractivity contribution in [2.45, 2.75) is 26.4 Å². The van der Waals surface area contributed by atoms with Gasteiger partial charge in [0.15, 0.2) is 0 Å². The number of amides is 2. The van der Waals surface area contributed by atoms with E-state index in [9.17, 15) is 14.0 Å². The summed E-state index contributed by atoms with van der Waals surface area (Å²) >= 11 is 0. The first kappa shape index (κ1) is 14.9. The number of hydrogen-bond donors (Lipinski definition) is 1. The third-order valence-electron chi connectivity index (χ3n) is 2.05. The Hall–Kier alpha value is -2.11. The SMILES string of the molecule is CN(NC(=O)OC(C)(C)C)C(=O)c1ccc(F)cc1. The lowest BCUT2D eigenvalue weighted by Gasteiger charge is -2.23. The molecule has 0 aliphatic rings. The van der Waals surface area contributed by atoms with Crippen molar-refractivity contribution in [2.75, 3.05) is 7.05 Å². The minimum Gasteiger partial charge on any atom is -0.443 e. The van der Waals surface area contributed by atoms with Crippen LogP contribution in [-0.4, -0.2) is 29.7 Å². The molecule has 19 heavy (non-hydrogen) atoms. The normalized spacial score (nSPS) is 10.8. The Labute approximate surface area is 111 Å². The maximum Gasteiger partial charge on any atom is 0.426 e. The molecule has 2 amide bonds. The van der Waals surface area contributed by atoms with E-state index in [1.165, 1.54) is 31.3 Å². The Morgan fingerprint density at radius 1 is 1.21 bits per heavy atom.